The van der Waals surface area contributed by atoms with E-state index in [1.54, 1.807) is 12.3 Å². The Hall–Kier alpha value is -1.88. The first-order valence-corrected chi connectivity index (χ1v) is 7.86. The van der Waals surface area contributed by atoms with Crippen LogP contribution in [0.5, 0.6) is 0 Å². The topological polar surface area (TPSA) is 54.0 Å². The van der Waals surface area contributed by atoms with Crippen LogP contribution in [-0.4, -0.2) is 16.4 Å². The van der Waals surface area contributed by atoms with Gasteiger partial charge in [-0.2, -0.15) is 0 Å². The van der Waals surface area contributed by atoms with Crippen LogP contribution >= 0.6 is 15.9 Å². The molecule has 5 heteroatoms. The molecule has 0 aliphatic heterocycles. The first-order chi connectivity index (χ1) is 10.2. The fraction of sp³-hybridized carbons (Fsp3) is 0.294. The fourth-order valence-electron chi connectivity index (χ4n) is 1.87. The fourth-order valence-corrected chi connectivity index (χ4v) is 2.25. The van der Waals surface area contributed by atoms with E-state index < -0.39 is 0 Å². The molecule has 2 N–H and O–H groups in total. The molecule has 0 saturated heterocycles. The van der Waals surface area contributed by atoms with Crippen molar-refractivity contribution in [2.75, 3.05) is 5.32 Å². The van der Waals surface area contributed by atoms with E-state index in [0.717, 1.165) is 15.8 Å². The number of anilines is 2. The van der Waals surface area contributed by atoms with Crippen LogP contribution in [0.1, 0.15) is 36.8 Å². The lowest BCUT2D eigenvalue weighted by atomic mass is 10.1. The van der Waals surface area contributed by atoms with Crippen molar-refractivity contribution in [3.8, 4) is 0 Å². The summed E-state index contributed by atoms with van der Waals surface area (Å²) in [5.41, 5.74) is 3.05. The quantitative estimate of drug-likeness (QED) is 0.850. The monoisotopic (exact) mass is 361 g/mol. The Morgan fingerprint density at radius 3 is 2.45 bits per heavy atom. The zero-order valence-electron chi connectivity index (χ0n) is 13.2. The van der Waals surface area contributed by atoms with Crippen LogP contribution in [0.15, 0.2) is 41.0 Å². The molecule has 116 valence electrons. The van der Waals surface area contributed by atoms with Crippen molar-refractivity contribution >= 4 is 33.2 Å². The van der Waals surface area contributed by atoms with Crippen LogP contribution < -0.4 is 10.6 Å². The number of benzene rings is 1. The minimum Gasteiger partial charge on any atom is -0.355 e. The summed E-state index contributed by atoms with van der Waals surface area (Å²) in [5, 5.41) is 6.19. The van der Waals surface area contributed by atoms with Crippen LogP contribution in [0.4, 0.5) is 11.4 Å². The predicted octanol–water partition coefficient (Wildman–Crippen LogP) is 4.42. The Bertz CT molecular complexity index is 693. The second kappa shape index (κ2) is 6.48. The molecule has 0 radical (unpaired) electrons. The second-order valence-electron chi connectivity index (χ2n) is 6.22. The highest BCUT2D eigenvalue weighted by Crippen LogP contribution is 2.23. The summed E-state index contributed by atoms with van der Waals surface area (Å²) in [7, 11) is 0. The van der Waals surface area contributed by atoms with E-state index in [2.05, 4.69) is 31.5 Å². The number of nitrogens with zero attached hydrogens (tertiary/aromatic N) is 1. The Labute approximate surface area is 139 Å². The molecule has 0 aliphatic rings. The van der Waals surface area contributed by atoms with E-state index >= 15 is 0 Å². The van der Waals surface area contributed by atoms with E-state index in [0.29, 0.717) is 5.69 Å². The number of halogens is 1. The van der Waals surface area contributed by atoms with Crippen LogP contribution in [0.2, 0.25) is 0 Å². The van der Waals surface area contributed by atoms with E-state index in [1.807, 2.05) is 52.0 Å². The van der Waals surface area contributed by atoms with Crippen molar-refractivity contribution in [3.63, 3.8) is 0 Å². The largest absolute Gasteiger partial charge is 0.355 e. The summed E-state index contributed by atoms with van der Waals surface area (Å²) in [6, 6.07) is 9.61. The highest BCUT2D eigenvalue weighted by atomic mass is 79.9. The van der Waals surface area contributed by atoms with Gasteiger partial charge in [-0.1, -0.05) is 22.0 Å². The molecule has 0 bridgehead atoms. The van der Waals surface area contributed by atoms with Crippen molar-refractivity contribution in [3.05, 3.63) is 52.3 Å². The number of aromatic nitrogens is 1. The van der Waals surface area contributed by atoms with E-state index in [4.69, 9.17) is 0 Å². The van der Waals surface area contributed by atoms with E-state index in [1.165, 1.54) is 5.56 Å². The summed E-state index contributed by atoms with van der Waals surface area (Å²) in [6.07, 6.45) is 1.63. The number of pyridine rings is 1. The zero-order valence-corrected chi connectivity index (χ0v) is 14.8. The maximum Gasteiger partial charge on any atom is 0.270 e. The molecular formula is C17H20BrN3O. The maximum atomic E-state index is 12.2. The van der Waals surface area contributed by atoms with Gasteiger partial charge in [-0.05, 0) is 57.5 Å². The highest BCUT2D eigenvalue weighted by molar-refractivity contribution is 9.10. The van der Waals surface area contributed by atoms with Gasteiger partial charge >= 0.3 is 0 Å². The SMILES string of the molecule is Cc1ccc(Nc2ccnc(C(=O)NC(C)(C)C)c2)cc1Br. The first kappa shape index (κ1) is 16.5. The van der Waals surface area contributed by atoms with Gasteiger partial charge in [-0.3, -0.25) is 9.78 Å². The average molecular weight is 362 g/mol. The third-order valence-corrected chi connectivity index (χ3v) is 3.80. The number of hydrogen-bond donors (Lipinski definition) is 2. The van der Waals surface area contributed by atoms with Crippen LogP contribution in [-0.2, 0) is 0 Å². The van der Waals surface area contributed by atoms with Crippen molar-refractivity contribution < 1.29 is 4.79 Å². The third-order valence-electron chi connectivity index (χ3n) is 2.94. The van der Waals surface area contributed by atoms with Gasteiger partial charge in [0.15, 0.2) is 0 Å². The molecule has 0 saturated carbocycles. The number of carbonyl (C=O) groups is 1. The Morgan fingerprint density at radius 2 is 1.82 bits per heavy atom. The Kier molecular flexibility index (Phi) is 4.86. The molecule has 22 heavy (non-hydrogen) atoms. The van der Waals surface area contributed by atoms with Crippen LogP contribution in [0, 0.1) is 6.92 Å². The third kappa shape index (κ3) is 4.56. The van der Waals surface area contributed by atoms with E-state index in [9.17, 15) is 4.79 Å². The lowest BCUT2D eigenvalue weighted by Crippen LogP contribution is -2.40. The number of hydrogen-bond acceptors (Lipinski definition) is 3. The van der Waals surface area contributed by atoms with Gasteiger partial charge in [0.1, 0.15) is 5.69 Å². The average Bonchev–Trinajstić information content (AvgIpc) is 2.41. The lowest BCUT2D eigenvalue weighted by Gasteiger charge is -2.20. The molecule has 2 rings (SSSR count). The predicted molar refractivity (Wildman–Crippen MR) is 93.6 cm³/mol. The first-order valence-electron chi connectivity index (χ1n) is 7.06. The van der Waals surface area contributed by atoms with Crippen molar-refractivity contribution in [2.24, 2.45) is 0 Å². The molecule has 1 aromatic carbocycles. The Balaban J connectivity index is 2.17. The summed E-state index contributed by atoms with van der Waals surface area (Å²) < 4.78 is 1.04. The summed E-state index contributed by atoms with van der Waals surface area (Å²) in [5.74, 6) is -0.179. The molecule has 1 amide bonds. The van der Waals surface area contributed by atoms with Gasteiger partial charge in [-0.15, -0.1) is 0 Å². The molecule has 0 atom stereocenters. The summed E-state index contributed by atoms with van der Waals surface area (Å²) in [6.45, 7) is 7.86. The van der Waals surface area contributed by atoms with Gasteiger partial charge in [0.2, 0.25) is 0 Å². The number of rotatable bonds is 3. The van der Waals surface area contributed by atoms with Crippen molar-refractivity contribution in [1.29, 1.82) is 0 Å². The van der Waals surface area contributed by atoms with E-state index in [-0.39, 0.29) is 11.4 Å². The van der Waals surface area contributed by atoms with Gasteiger partial charge in [0.25, 0.3) is 5.91 Å². The van der Waals surface area contributed by atoms with Gasteiger partial charge in [0.05, 0.1) is 0 Å². The number of nitrogens with one attached hydrogen (secondary N) is 2. The van der Waals surface area contributed by atoms with Gasteiger partial charge < -0.3 is 10.6 Å². The number of carbonyl (C=O) groups excluding carboxylic acids is 1. The molecule has 1 aromatic heterocycles. The molecule has 1 heterocycles. The van der Waals surface area contributed by atoms with Crippen LogP contribution in [0.3, 0.4) is 0 Å². The molecule has 0 aliphatic carbocycles. The number of aryl methyl sites for hydroxylation is 1. The van der Waals surface area contributed by atoms with Crippen molar-refractivity contribution in [1.82, 2.24) is 10.3 Å². The minimum atomic E-state index is -0.288. The van der Waals surface area contributed by atoms with Gasteiger partial charge in [-0.25, -0.2) is 0 Å². The lowest BCUT2D eigenvalue weighted by molar-refractivity contribution is 0.0914. The standard InChI is InChI=1S/C17H20BrN3O/c1-11-5-6-12(9-14(11)18)20-13-7-8-19-15(10-13)16(22)21-17(2,3)4/h5-10H,1-4H3,(H,19,20)(H,21,22). The normalized spacial score (nSPS) is 11.1. The molecule has 2 aromatic rings. The molecule has 4 nitrogen and oxygen atoms in total. The summed E-state index contributed by atoms with van der Waals surface area (Å²) in [4.78, 5) is 16.3. The molecular weight excluding hydrogens is 342 g/mol. The van der Waals surface area contributed by atoms with Crippen molar-refractivity contribution in [2.45, 2.75) is 33.2 Å². The molecule has 0 fully saturated rings. The van der Waals surface area contributed by atoms with Crippen LogP contribution in [0.25, 0.3) is 0 Å². The second-order valence-corrected chi connectivity index (χ2v) is 7.08. The highest BCUT2D eigenvalue weighted by Gasteiger charge is 2.16. The maximum absolute atomic E-state index is 12.2. The van der Waals surface area contributed by atoms with Gasteiger partial charge in [0, 0.05) is 27.6 Å². The zero-order chi connectivity index (χ0) is 16.3. The summed E-state index contributed by atoms with van der Waals surface area (Å²) >= 11 is 3.51. The minimum absolute atomic E-state index is 0.179. The smallest absolute Gasteiger partial charge is 0.270 e. The molecule has 0 spiro atoms. The Morgan fingerprint density at radius 1 is 1.14 bits per heavy atom. The molecule has 0 unspecified atom stereocenters. The number of amides is 1.